The van der Waals surface area contributed by atoms with Crippen LogP contribution in [-0.2, 0) is 16.3 Å². The summed E-state index contributed by atoms with van der Waals surface area (Å²) in [4.78, 5) is 0. The Morgan fingerprint density at radius 2 is 1.84 bits per heavy atom. The molecule has 1 aromatic carbocycles. The number of sulfone groups is 1. The molecular formula is C15H17FO2S. The van der Waals surface area contributed by atoms with Gasteiger partial charge in [0.1, 0.15) is 5.82 Å². The molecule has 1 heterocycles. The van der Waals surface area contributed by atoms with E-state index in [0.29, 0.717) is 6.42 Å². The first-order valence-corrected chi connectivity index (χ1v) is 8.36. The average Bonchev–Trinajstić information content (AvgIpc) is 3.09. The lowest BCUT2D eigenvalue weighted by Crippen LogP contribution is -2.23. The van der Waals surface area contributed by atoms with Crippen LogP contribution < -0.4 is 0 Å². The molecule has 2 fully saturated rings. The maximum absolute atomic E-state index is 12.9. The van der Waals surface area contributed by atoms with Crippen LogP contribution >= 0.6 is 0 Å². The van der Waals surface area contributed by atoms with Gasteiger partial charge < -0.3 is 0 Å². The topological polar surface area (TPSA) is 34.1 Å². The molecular weight excluding hydrogens is 263 g/mol. The fraction of sp³-hybridized carbons (Fsp3) is 0.467. The van der Waals surface area contributed by atoms with Gasteiger partial charge in [0.2, 0.25) is 0 Å². The number of rotatable bonds is 2. The van der Waals surface area contributed by atoms with E-state index in [-0.39, 0.29) is 22.7 Å². The SMILES string of the molecule is C[C@@]1(Cc2ccc(F)cc2)CS(=O)(=O)CC1=C1CC1. The summed E-state index contributed by atoms with van der Waals surface area (Å²) >= 11 is 0. The van der Waals surface area contributed by atoms with E-state index >= 15 is 0 Å². The third kappa shape index (κ3) is 2.59. The van der Waals surface area contributed by atoms with E-state index in [0.717, 1.165) is 24.0 Å². The van der Waals surface area contributed by atoms with Gasteiger partial charge in [0, 0.05) is 5.41 Å². The Morgan fingerprint density at radius 1 is 1.21 bits per heavy atom. The molecule has 1 aliphatic heterocycles. The molecule has 102 valence electrons. The van der Waals surface area contributed by atoms with Gasteiger partial charge in [-0.15, -0.1) is 0 Å². The van der Waals surface area contributed by atoms with Crippen molar-refractivity contribution in [1.29, 1.82) is 0 Å². The highest BCUT2D eigenvalue weighted by molar-refractivity contribution is 7.91. The van der Waals surface area contributed by atoms with Crippen molar-refractivity contribution in [2.75, 3.05) is 11.5 Å². The van der Waals surface area contributed by atoms with E-state index < -0.39 is 9.84 Å². The lowest BCUT2D eigenvalue weighted by Gasteiger charge is -2.24. The first kappa shape index (κ1) is 12.9. The Kier molecular flexibility index (Phi) is 2.82. The Balaban J connectivity index is 1.93. The molecule has 1 atom stereocenters. The summed E-state index contributed by atoms with van der Waals surface area (Å²) < 4.78 is 36.8. The zero-order valence-corrected chi connectivity index (χ0v) is 11.8. The standard InChI is InChI=1S/C15H17FO2S/c1-15(8-11-2-6-13(16)7-3-11)10-19(17,18)9-14(15)12-4-5-12/h2-3,6-7H,4-5,8-10H2,1H3/t15-/m1/s1. The number of hydrogen-bond acceptors (Lipinski definition) is 2. The van der Waals surface area contributed by atoms with Crippen LogP contribution in [0.3, 0.4) is 0 Å². The molecule has 1 aliphatic carbocycles. The van der Waals surface area contributed by atoms with E-state index in [2.05, 4.69) is 0 Å². The second kappa shape index (κ2) is 4.17. The van der Waals surface area contributed by atoms with E-state index in [1.54, 1.807) is 12.1 Å². The summed E-state index contributed by atoms with van der Waals surface area (Å²) in [5.41, 5.74) is 3.14. The minimum Gasteiger partial charge on any atom is -0.228 e. The van der Waals surface area contributed by atoms with Gasteiger partial charge in [-0.25, -0.2) is 12.8 Å². The van der Waals surface area contributed by atoms with Crippen molar-refractivity contribution in [2.45, 2.75) is 26.2 Å². The number of hydrogen-bond donors (Lipinski definition) is 0. The van der Waals surface area contributed by atoms with Crippen LogP contribution in [-0.4, -0.2) is 19.9 Å². The van der Waals surface area contributed by atoms with Crippen LogP contribution in [0.4, 0.5) is 4.39 Å². The molecule has 0 bridgehead atoms. The minimum atomic E-state index is -2.97. The van der Waals surface area contributed by atoms with Crippen molar-refractivity contribution in [3.63, 3.8) is 0 Å². The van der Waals surface area contributed by atoms with Crippen LogP contribution in [0.1, 0.15) is 25.3 Å². The predicted octanol–water partition coefficient (Wildman–Crippen LogP) is 2.89. The fourth-order valence-corrected chi connectivity index (χ4v) is 5.46. The van der Waals surface area contributed by atoms with Gasteiger partial charge in [0.25, 0.3) is 0 Å². The van der Waals surface area contributed by atoms with Gasteiger partial charge in [0.15, 0.2) is 9.84 Å². The zero-order valence-electron chi connectivity index (χ0n) is 10.9. The van der Waals surface area contributed by atoms with Gasteiger partial charge in [-0.2, -0.15) is 0 Å². The summed E-state index contributed by atoms with van der Waals surface area (Å²) in [5.74, 6) is 0.185. The number of allylic oxidation sites excluding steroid dienone is 1. The maximum Gasteiger partial charge on any atom is 0.155 e. The molecule has 0 spiro atoms. The molecule has 19 heavy (non-hydrogen) atoms. The highest BCUT2D eigenvalue weighted by Gasteiger charge is 2.45. The van der Waals surface area contributed by atoms with Crippen LogP contribution in [0.25, 0.3) is 0 Å². The van der Waals surface area contributed by atoms with Gasteiger partial charge in [-0.3, -0.25) is 0 Å². The molecule has 3 rings (SSSR count). The van der Waals surface area contributed by atoms with Crippen LogP contribution in [0, 0.1) is 11.2 Å². The largest absolute Gasteiger partial charge is 0.228 e. The van der Waals surface area contributed by atoms with Crippen LogP contribution in [0.5, 0.6) is 0 Å². The van der Waals surface area contributed by atoms with Crippen molar-refractivity contribution in [3.05, 3.63) is 46.8 Å². The van der Waals surface area contributed by atoms with E-state index in [4.69, 9.17) is 0 Å². The Labute approximate surface area is 113 Å². The second-order valence-corrected chi connectivity index (χ2v) is 8.04. The Morgan fingerprint density at radius 3 is 2.42 bits per heavy atom. The van der Waals surface area contributed by atoms with Gasteiger partial charge in [-0.1, -0.05) is 24.6 Å². The fourth-order valence-electron chi connectivity index (χ4n) is 3.12. The Hall–Kier alpha value is -1.16. The Bertz CT molecular complexity index is 637. The smallest absolute Gasteiger partial charge is 0.155 e. The molecule has 2 aliphatic rings. The van der Waals surface area contributed by atoms with E-state index in [1.807, 2.05) is 6.92 Å². The summed E-state index contributed by atoms with van der Waals surface area (Å²) in [5, 5.41) is 0. The second-order valence-electron chi connectivity index (χ2n) is 5.98. The predicted molar refractivity (Wildman–Crippen MR) is 73.1 cm³/mol. The van der Waals surface area contributed by atoms with Gasteiger partial charge >= 0.3 is 0 Å². The molecule has 2 nitrogen and oxygen atoms in total. The molecule has 0 radical (unpaired) electrons. The van der Waals surface area contributed by atoms with Gasteiger partial charge in [0.05, 0.1) is 11.5 Å². The molecule has 0 amide bonds. The highest BCUT2D eigenvalue weighted by atomic mass is 32.2. The summed E-state index contributed by atoms with van der Waals surface area (Å²) in [6.45, 7) is 2.03. The van der Waals surface area contributed by atoms with Gasteiger partial charge in [-0.05, 0) is 42.5 Å². The van der Waals surface area contributed by atoms with E-state index in [9.17, 15) is 12.8 Å². The molecule has 4 heteroatoms. The highest BCUT2D eigenvalue weighted by Crippen LogP contribution is 2.47. The third-order valence-corrected chi connectivity index (χ3v) is 5.87. The lowest BCUT2D eigenvalue weighted by molar-refractivity contribution is 0.460. The summed E-state index contributed by atoms with van der Waals surface area (Å²) in [7, 11) is -2.97. The minimum absolute atomic E-state index is 0.218. The average molecular weight is 280 g/mol. The van der Waals surface area contributed by atoms with Crippen LogP contribution in [0.15, 0.2) is 35.4 Å². The first-order valence-electron chi connectivity index (χ1n) is 6.54. The third-order valence-electron chi connectivity index (χ3n) is 4.07. The normalized spacial score (nSPS) is 28.7. The monoisotopic (exact) mass is 280 g/mol. The van der Waals surface area contributed by atoms with E-state index in [1.165, 1.54) is 17.7 Å². The number of halogens is 1. The molecule has 1 saturated carbocycles. The molecule has 1 aromatic rings. The molecule has 0 unspecified atom stereocenters. The summed E-state index contributed by atoms with van der Waals surface area (Å²) in [6, 6.07) is 6.37. The molecule has 0 N–H and O–H groups in total. The number of benzene rings is 1. The van der Waals surface area contributed by atoms with Crippen LogP contribution in [0.2, 0.25) is 0 Å². The molecule has 0 aromatic heterocycles. The van der Waals surface area contributed by atoms with Crippen molar-refractivity contribution < 1.29 is 12.8 Å². The molecule has 1 saturated heterocycles. The van der Waals surface area contributed by atoms with Crippen molar-refractivity contribution in [1.82, 2.24) is 0 Å². The summed E-state index contributed by atoms with van der Waals surface area (Å²) in [6.07, 6.45) is 2.76. The quantitative estimate of drug-likeness (QED) is 0.781. The first-order chi connectivity index (χ1) is 8.88. The van der Waals surface area contributed by atoms with Crippen molar-refractivity contribution >= 4 is 9.84 Å². The van der Waals surface area contributed by atoms with Crippen molar-refractivity contribution in [2.24, 2.45) is 5.41 Å². The van der Waals surface area contributed by atoms with Crippen molar-refractivity contribution in [3.8, 4) is 0 Å². The zero-order chi connectivity index (χ0) is 13.7. The maximum atomic E-state index is 12.9. The lowest BCUT2D eigenvalue weighted by atomic mass is 9.79.